The Bertz CT molecular complexity index is 907. The van der Waals surface area contributed by atoms with E-state index in [0.29, 0.717) is 0 Å². The van der Waals surface area contributed by atoms with Gasteiger partial charge in [-0.3, -0.25) is 0 Å². The van der Waals surface area contributed by atoms with Crippen molar-refractivity contribution >= 4 is 34.0 Å². The van der Waals surface area contributed by atoms with Crippen LogP contribution in [0.1, 0.15) is 18.1 Å². The molecule has 0 N–H and O–H groups in total. The Balaban J connectivity index is 1.72. The summed E-state index contributed by atoms with van der Waals surface area (Å²) in [5.74, 6) is 1.10. The lowest BCUT2D eigenvalue weighted by atomic mass is 10.1. The minimum Gasteiger partial charge on any atom is -0.350 e. The zero-order valence-electron chi connectivity index (χ0n) is 13.5. The second kappa shape index (κ2) is 5.50. The highest BCUT2D eigenvalue weighted by atomic mass is 32.2. The predicted molar refractivity (Wildman–Crippen MR) is 101 cm³/mol. The quantitative estimate of drug-likeness (QED) is 0.607. The van der Waals surface area contributed by atoms with Crippen molar-refractivity contribution in [1.82, 2.24) is 4.57 Å². The van der Waals surface area contributed by atoms with Crippen LogP contribution in [0.25, 0.3) is 16.6 Å². The monoisotopic (exact) mass is 320 g/mol. The summed E-state index contributed by atoms with van der Waals surface area (Å²) in [5, 5.41) is 1.28. The Labute approximate surface area is 141 Å². The molecular weight excluding hydrogens is 300 g/mol. The summed E-state index contributed by atoms with van der Waals surface area (Å²) in [6.07, 6.45) is 2.11. The van der Waals surface area contributed by atoms with Gasteiger partial charge in [0.2, 0.25) is 0 Å². The maximum absolute atomic E-state index is 4.35. The van der Waals surface area contributed by atoms with Crippen LogP contribution in [0.4, 0.5) is 5.69 Å². The molecule has 0 aliphatic carbocycles. The van der Waals surface area contributed by atoms with Gasteiger partial charge in [0.15, 0.2) is 0 Å². The maximum Gasteiger partial charge on any atom is 0.0498 e. The molecule has 0 atom stereocenters. The summed E-state index contributed by atoms with van der Waals surface area (Å²) in [6.45, 7) is 7.45. The molecule has 2 aromatic carbocycles. The van der Waals surface area contributed by atoms with E-state index in [0.717, 1.165) is 18.0 Å². The molecule has 2 heterocycles. The molecule has 0 saturated heterocycles. The van der Waals surface area contributed by atoms with Gasteiger partial charge in [-0.15, -0.1) is 11.8 Å². The Morgan fingerprint density at radius 2 is 2.00 bits per heavy atom. The van der Waals surface area contributed by atoms with Crippen LogP contribution in [-0.2, 0) is 13.6 Å². The SMILES string of the molecule is C=C1c2cc(SCC)ccc2CN1c1ccc2ccn(C)c2c1. The van der Waals surface area contributed by atoms with Gasteiger partial charge in [-0.2, -0.15) is 0 Å². The first kappa shape index (κ1) is 14.5. The largest absolute Gasteiger partial charge is 0.350 e. The molecule has 3 heteroatoms. The highest BCUT2D eigenvalue weighted by Gasteiger charge is 2.24. The standard InChI is InChI=1S/C20H20N2S/c1-4-23-18-8-6-16-13-22(14(2)19(16)12-18)17-7-5-15-9-10-21(3)20(15)11-17/h5-12H,2,4,13H2,1,3H3. The molecular formula is C20H20N2S. The van der Waals surface area contributed by atoms with Crippen LogP contribution in [0.2, 0.25) is 0 Å². The third-order valence-electron chi connectivity index (χ3n) is 4.54. The highest BCUT2D eigenvalue weighted by Crippen LogP contribution is 2.38. The number of hydrogen-bond acceptors (Lipinski definition) is 2. The number of hydrogen-bond donors (Lipinski definition) is 0. The molecule has 116 valence electrons. The van der Waals surface area contributed by atoms with Gasteiger partial charge in [-0.25, -0.2) is 0 Å². The summed E-state index contributed by atoms with van der Waals surface area (Å²) >= 11 is 1.88. The normalized spacial score (nSPS) is 13.8. The predicted octanol–water partition coefficient (Wildman–Crippen LogP) is 5.28. The molecule has 2 nitrogen and oxygen atoms in total. The summed E-state index contributed by atoms with van der Waals surface area (Å²) < 4.78 is 2.17. The molecule has 23 heavy (non-hydrogen) atoms. The zero-order chi connectivity index (χ0) is 16.0. The minimum absolute atomic E-state index is 0.904. The number of aromatic nitrogens is 1. The molecule has 1 aliphatic rings. The van der Waals surface area contributed by atoms with Gasteiger partial charge >= 0.3 is 0 Å². The molecule has 0 amide bonds. The number of fused-ring (bicyclic) bond motifs is 2. The van der Waals surface area contributed by atoms with E-state index in [4.69, 9.17) is 0 Å². The van der Waals surface area contributed by atoms with E-state index in [-0.39, 0.29) is 0 Å². The molecule has 0 saturated carbocycles. The number of anilines is 1. The van der Waals surface area contributed by atoms with Crippen molar-refractivity contribution in [2.24, 2.45) is 7.05 Å². The summed E-state index contributed by atoms with van der Waals surface area (Å²) in [4.78, 5) is 3.64. The summed E-state index contributed by atoms with van der Waals surface area (Å²) in [5.41, 5.74) is 6.23. The number of thioether (sulfide) groups is 1. The van der Waals surface area contributed by atoms with E-state index in [9.17, 15) is 0 Å². The van der Waals surface area contributed by atoms with Crippen LogP contribution < -0.4 is 4.90 Å². The number of aryl methyl sites for hydroxylation is 1. The van der Waals surface area contributed by atoms with Gasteiger partial charge in [0.1, 0.15) is 0 Å². The van der Waals surface area contributed by atoms with Crippen molar-refractivity contribution < 1.29 is 0 Å². The molecule has 0 fully saturated rings. The molecule has 0 unspecified atom stereocenters. The summed E-state index contributed by atoms with van der Waals surface area (Å²) in [6, 6.07) is 15.6. The summed E-state index contributed by atoms with van der Waals surface area (Å²) in [7, 11) is 2.09. The van der Waals surface area contributed by atoms with E-state index in [1.54, 1.807) is 0 Å². The highest BCUT2D eigenvalue weighted by molar-refractivity contribution is 7.99. The fourth-order valence-corrected chi connectivity index (χ4v) is 3.99. The average Bonchev–Trinajstić information content (AvgIpc) is 3.09. The first-order chi connectivity index (χ1) is 11.2. The van der Waals surface area contributed by atoms with E-state index in [1.807, 2.05) is 11.8 Å². The third kappa shape index (κ3) is 2.36. The molecule has 0 radical (unpaired) electrons. The van der Waals surface area contributed by atoms with Crippen molar-refractivity contribution in [2.75, 3.05) is 10.7 Å². The van der Waals surface area contributed by atoms with Crippen molar-refractivity contribution in [3.05, 3.63) is 66.4 Å². The van der Waals surface area contributed by atoms with E-state index in [1.165, 1.54) is 32.6 Å². The van der Waals surface area contributed by atoms with Crippen molar-refractivity contribution in [2.45, 2.75) is 18.4 Å². The lowest BCUT2D eigenvalue weighted by Crippen LogP contribution is -2.12. The first-order valence-corrected chi connectivity index (χ1v) is 8.93. The van der Waals surface area contributed by atoms with E-state index >= 15 is 0 Å². The van der Waals surface area contributed by atoms with E-state index < -0.39 is 0 Å². The minimum atomic E-state index is 0.904. The molecule has 4 rings (SSSR count). The Morgan fingerprint density at radius 1 is 1.13 bits per heavy atom. The van der Waals surface area contributed by atoms with Crippen LogP contribution in [0.3, 0.4) is 0 Å². The first-order valence-electron chi connectivity index (χ1n) is 7.95. The number of rotatable bonds is 3. The molecule has 1 aromatic heterocycles. The van der Waals surface area contributed by atoms with E-state index in [2.05, 4.69) is 78.7 Å². The van der Waals surface area contributed by atoms with Crippen LogP contribution in [0, 0.1) is 0 Å². The molecule has 0 bridgehead atoms. The van der Waals surface area contributed by atoms with Crippen molar-refractivity contribution in [1.29, 1.82) is 0 Å². The fraction of sp³-hybridized carbons (Fsp3) is 0.200. The zero-order valence-corrected chi connectivity index (χ0v) is 14.4. The van der Waals surface area contributed by atoms with Gasteiger partial charge in [0.25, 0.3) is 0 Å². The van der Waals surface area contributed by atoms with Gasteiger partial charge in [-0.05, 0) is 47.0 Å². The van der Waals surface area contributed by atoms with Crippen LogP contribution in [-0.4, -0.2) is 10.3 Å². The Morgan fingerprint density at radius 3 is 2.83 bits per heavy atom. The fourth-order valence-electron chi connectivity index (χ4n) is 3.30. The number of benzene rings is 2. The van der Waals surface area contributed by atoms with Gasteiger partial charge in [-0.1, -0.05) is 25.6 Å². The Hall–Kier alpha value is -2.13. The van der Waals surface area contributed by atoms with Crippen LogP contribution >= 0.6 is 11.8 Å². The smallest absolute Gasteiger partial charge is 0.0498 e. The van der Waals surface area contributed by atoms with Gasteiger partial charge < -0.3 is 9.47 Å². The second-order valence-corrected chi connectivity index (χ2v) is 7.29. The topological polar surface area (TPSA) is 8.17 Å². The molecule has 3 aromatic rings. The number of nitrogens with zero attached hydrogens (tertiary/aromatic N) is 2. The lowest BCUT2D eigenvalue weighted by molar-refractivity contribution is 0.967. The van der Waals surface area contributed by atoms with Gasteiger partial charge in [0.05, 0.1) is 0 Å². The van der Waals surface area contributed by atoms with Gasteiger partial charge in [0, 0.05) is 47.1 Å². The Kier molecular flexibility index (Phi) is 3.46. The lowest BCUT2D eigenvalue weighted by Gasteiger charge is -2.20. The molecule has 1 aliphatic heterocycles. The van der Waals surface area contributed by atoms with Crippen LogP contribution in [0.15, 0.2) is 60.1 Å². The van der Waals surface area contributed by atoms with Crippen molar-refractivity contribution in [3.63, 3.8) is 0 Å². The molecule has 0 spiro atoms. The van der Waals surface area contributed by atoms with Crippen LogP contribution in [0.5, 0.6) is 0 Å². The second-order valence-electron chi connectivity index (χ2n) is 5.95. The third-order valence-corrected chi connectivity index (χ3v) is 5.42. The van der Waals surface area contributed by atoms with Crippen molar-refractivity contribution in [3.8, 4) is 0 Å². The average molecular weight is 320 g/mol. The maximum atomic E-state index is 4.35.